The Labute approximate surface area is 136 Å². The van der Waals surface area contributed by atoms with Gasteiger partial charge in [-0.3, -0.25) is 0 Å². The molecule has 0 aromatic heterocycles. The molecule has 0 spiro atoms. The number of anilines is 2. The summed E-state index contributed by atoms with van der Waals surface area (Å²) in [6, 6.07) is 12.3. The Morgan fingerprint density at radius 2 is 2.05 bits per heavy atom. The summed E-state index contributed by atoms with van der Waals surface area (Å²) in [5.74, 6) is 0. The van der Waals surface area contributed by atoms with Crippen molar-refractivity contribution in [3.05, 3.63) is 63.7 Å². The van der Waals surface area contributed by atoms with Gasteiger partial charge in [-0.2, -0.15) is 0 Å². The fourth-order valence-corrected chi connectivity index (χ4v) is 2.19. The minimum absolute atomic E-state index is 0.359. The van der Waals surface area contributed by atoms with E-state index in [1.54, 1.807) is 30.5 Å². The lowest BCUT2D eigenvalue weighted by molar-refractivity contribution is 0.255. The molecule has 0 saturated heterocycles. The summed E-state index contributed by atoms with van der Waals surface area (Å²) in [5, 5.41) is 5.67. The zero-order valence-corrected chi connectivity index (χ0v) is 13.3. The highest BCUT2D eigenvalue weighted by Crippen LogP contribution is 2.22. The second-order valence-electron chi connectivity index (χ2n) is 4.22. The van der Waals surface area contributed by atoms with E-state index in [1.165, 1.54) is 0 Å². The Morgan fingerprint density at radius 1 is 1.24 bits per heavy atom. The highest BCUT2D eigenvalue weighted by molar-refractivity contribution is 9.10. The summed E-state index contributed by atoms with van der Waals surface area (Å²) < 4.78 is 0.977. The fourth-order valence-electron chi connectivity index (χ4n) is 1.60. The van der Waals surface area contributed by atoms with E-state index in [9.17, 15) is 4.79 Å². The highest BCUT2D eigenvalue weighted by Gasteiger charge is 2.02. The topological polar surface area (TPSA) is 67.1 Å². The summed E-state index contributed by atoms with van der Waals surface area (Å²) in [6.45, 7) is 0. The fraction of sp³-hybridized carbons (Fsp3) is 0. The molecule has 6 heteroatoms. The molecule has 108 valence electrons. The number of amides is 2. The average molecular weight is 367 g/mol. The molecule has 0 atom stereocenters. The lowest BCUT2D eigenvalue weighted by Gasteiger charge is -2.06. The summed E-state index contributed by atoms with van der Waals surface area (Å²) in [4.78, 5) is 11.7. The van der Waals surface area contributed by atoms with Crippen LogP contribution < -0.4 is 16.4 Å². The first kappa shape index (κ1) is 15.4. The first-order valence-corrected chi connectivity index (χ1v) is 7.26. The van der Waals surface area contributed by atoms with Gasteiger partial charge in [0.2, 0.25) is 0 Å². The quantitative estimate of drug-likeness (QED) is 0.701. The molecular formula is C15H13BrClN3O. The predicted molar refractivity (Wildman–Crippen MR) is 91.2 cm³/mol. The largest absolute Gasteiger partial charge is 0.398 e. The summed E-state index contributed by atoms with van der Waals surface area (Å²) in [5.41, 5.74) is 7.61. The van der Waals surface area contributed by atoms with Gasteiger partial charge in [0.1, 0.15) is 0 Å². The second kappa shape index (κ2) is 7.15. The Bertz CT molecular complexity index is 688. The molecule has 0 aliphatic rings. The SMILES string of the molecule is Nc1ccc(NC(=O)N/C=C/c2cccc(Br)c2)cc1Cl. The Balaban J connectivity index is 1.91. The zero-order valence-electron chi connectivity index (χ0n) is 10.9. The van der Waals surface area contributed by atoms with E-state index >= 15 is 0 Å². The maximum Gasteiger partial charge on any atom is 0.323 e. The lowest BCUT2D eigenvalue weighted by atomic mass is 10.2. The number of carbonyl (C=O) groups excluding carboxylic acids is 1. The van der Waals surface area contributed by atoms with Crippen molar-refractivity contribution in [1.29, 1.82) is 0 Å². The van der Waals surface area contributed by atoms with Gasteiger partial charge in [0, 0.05) is 16.4 Å². The van der Waals surface area contributed by atoms with Crippen molar-refractivity contribution in [3.63, 3.8) is 0 Å². The summed E-state index contributed by atoms with van der Waals surface area (Å²) in [7, 11) is 0. The van der Waals surface area contributed by atoms with Crippen LogP contribution in [0.4, 0.5) is 16.2 Å². The number of nitrogen functional groups attached to an aromatic ring is 1. The third-order valence-corrected chi connectivity index (χ3v) is 3.42. The Hall–Kier alpha value is -1.98. The molecule has 0 aliphatic heterocycles. The van der Waals surface area contributed by atoms with E-state index in [0.29, 0.717) is 16.4 Å². The number of hydrogen-bond acceptors (Lipinski definition) is 2. The smallest absolute Gasteiger partial charge is 0.323 e. The standard InChI is InChI=1S/C15H13BrClN3O/c16-11-3-1-2-10(8-11)6-7-19-15(21)20-12-4-5-14(18)13(17)9-12/h1-9H,18H2,(H2,19,20,21)/b7-6+. The molecule has 0 saturated carbocycles. The maximum atomic E-state index is 11.7. The normalized spacial score (nSPS) is 10.6. The van der Waals surface area contributed by atoms with Crippen LogP contribution >= 0.6 is 27.5 Å². The predicted octanol–water partition coefficient (Wildman–Crippen LogP) is 4.48. The number of nitrogens with one attached hydrogen (secondary N) is 2. The maximum absolute atomic E-state index is 11.7. The number of nitrogens with two attached hydrogens (primary N) is 1. The number of rotatable bonds is 3. The molecule has 0 heterocycles. The van der Waals surface area contributed by atoms with Gasteiger partial charge in [-0.1, -0.05) is 39.7 Å². The molecule has 2 aromatic carbocycles. The third kappa shape index (κ3) is 4.81. The molecule has 4 nitrogen and oxygen atoms in total. The van der Waals surface area contributed by atoms with Crippen molar-refractivity contribution in [2.24, 2.45) is 0 Å². The van der Waals surface area contributed by atoms with E-state index in [4.69, 9.17) is 17.3 Å². The molecule has 0 fully saturated rings. The Kier molecular flexibility index (Phi) is 5.25. The number of urea groups is 1. The minimum atomic E-state index is -0.359. The van der Waals surface area contributed by atoms with Crippen molar-refractivity contribution in [2.75, 3.05) is 11.1 Å². The Morgan fingerprint density at radius 3 is 2.76 bits per heavy atom. The highest BCUT2D eigenvalue weighted by atomic mass is 79.9. The minimum Gasteiger partial charge on any atom is -0.398 e. The third-order valence-electron chi connectivity index (χ3n) is 2.60. The first-order chi connectivity index (χ1) is 10.0. The summed E-state index contributed by atoms with van der Waals surface area (Å²) in [6.07, 6.45) is 3.36. The molecule has 0 unspecified atom stereocenters. The van der Waals surface area contributed by atoms with Crippen LogP contribution in [-0.2, 0) is 0 Å². The van der Waals surface area contributed by atoms with E-state index in [2.05, 4.69) is 26.6 Å². The van der Waals surface area contributed by atoms with E-state index in [1.807, 2.05) is 24.3 Å². The van der Waals surface area contributed by atoms with Crippen LogP contribution in [0.3, 0.4) is 0 Å². The number of halogens is 2. The summed E-state index contributed by atoms with van der Waals surface area (Å²) >= 11 is 9.26. The number of hydrogen-bond donors (Lipinski definition) is 3. The van der Waals surface area contributed by atoms with Gasteiger partial charge in [-0.05, 0) is 42.0 Å². The van der Waals surface area contributed by atoms with Crippen molar-refractivity contribution < 1.29 is 4.79 Å². The van der Waals surface area contributed by atoms with Gasteiger partial charge >= 0.3 is 6.03 Å². The van der Waals surface area contributed by atoms with E-state index < -0.39 is 0 Å². The first-order valence-electron chi connectivity index (χ1n) is 6.09. The number of benzene rings is 2. The van der Waals surface area contributed by atoms with Gasteiger partial charge in [0.05, 0.1) is 10.7 Å². The van der Waals surface area contributed by atoms with Gasteiger partial charge in [0.25, 0.3) is 0 Å². The van der Waals surface area contributed by atoms with Gasteiger partial charge in [-0.25, -0.2) is 4.79 Å². The van der Waals surface area contributed by atoms with Crippen molar-refractivity contribution in [1.82, 2.24) is 5.32 Å². The van der Waals surface area contributed by atoms with Gasteiger partial charge in [0.15, 0.2) is 0 Å². The zero-order chi connectivity index (χ0) is 15.2. The average Bonchev–Trinajstić information content (AvgIpc) is 2.43. The van der Waals surface area contributed by atoms with Crippen LogP contribution in [0, 0.1) is 0 Å². The molecule has 2 rings (SSSR count). The van der Waals surface area contributed by atoms with Crippen LogP contribution in [0.25, 0.3) is 6.08 Å². The molecule has 0 aliphatic carbocycles. The molecular weight excluding hydrogens is 354 g/mol. The number of carbonyl (C=O) groups is 1. The molecule has 0 radical (unpaired) electrons. The molecule has 0 bridgehead atoms. The van der Waals surface area contributed by atoms with Crippen LogP contribution in [0.1, 0.15) is 5.56 Å². The van der Waals surface area contributed by atoms with E-state index in [0.717, 1.165) is 10.0 Å². The van der Waals surface area contributed by atoms with E-state index in [-0.39, 0.29) is 6.03 Å². The van der Waals surface area contributed by atoms with Crippen LogP contribution in [0.15, 0.2) is 53.1 Å². The second-order valence-corrected chi connectivity index (χ2v) is 5.55. The van der Waals surface area contributed by atoms with Crippen LogP contribution in [0.5, 0.6) is 0 Å². The van der Waals surface area contributed by atoms with Gasteiger partial charge < -0.3 is 16.4 Å². The van der Waals surface area contributed by atoms with Gasteiger partial charge in [-0.15, -0.1) is 0 Å². The lowest BCUT2D eigenvalue weighted by Crippen LogP contribution is -2.23. The molecule has 4 N–H and O–H groups in total. The molecule has 2 amide bonds. The van der Waals surface area contributed by atoms with Crippen molar-refractivity contribution in [3.8, 4) is 0 Å². The van der Waals surface area contributed by atoms with Crippen LogP contribution in [0.2, 0.25) is 5.02 Å². The molecule has 2 aromatic rings. The van der Waals surface area contributed by atoms with Crippen LogP contribution in [-0.4, -0.2) is 6.03 Å². The van der Waals surface area contributed by atoms with Crippen molar-refractivity contribution >= 4 is 51.0 Å². The monoisotopic (exact) mass is 365 g/mol. The van der Waals surface area contributed by atoms with Crippen molar-refractivity contribution in [2.45, 2.75) is 0 Å². The molecule has 21 heavy (non-hydrogen) atoms.